The van der Waals surface area contributed by atoms with E-state index >= 15 is 0 Å². The lowest BCUT2D eigenvalue weighted by Crippen LogP contribution is -2.45. The first-order valence-corrected chi connectivity index (χ1v) is 13.9. The largest absolute Gasteiger partial charge is 0.347 e. The molecule has 0 spiro atoms. The Bertz CT molecular complexity index is 831. The van der Waals surface area contributed by atoms with Gasteiger partial charge in [-0.05, 0) is 89.8 Å². The van der Waals surface area contributed by atoms with Crippen LogP contribution >= 0.6 is 0 Å². The number of rotatable bonds is 12. The van der Waals surface area contributed by atoms with Crippen molar-refractivity contribution in [1.82, 2.24) is 35.1 Å². The minimum Gasteiger partial charge on any atom is -0.347 e. The Labute approximate surface area is 210 Å². The van der Waals surface area contributed by atoms with Crippen LogP contribution in [0.2, 0.25) is 0 Å². The van der Waals surface area contributed by atoms with Crippen LogP contribution in [0.4, 0.5) is 0 Å². The molecule has 194 valence electrons. The van der Waals surface area contributed by atoms with E-state index in [9.17, 15) is 4.79 Å². The molecule has 3 N–H and O–H groups in total. The van der Waals surface area contributed by atoms with E-state index in [1.165, 1.54) is 51.6 Å². The van der Waals surface area contributed by atoms with Crippen LogP contribution in [0.3, 0.4) is 0 Å². The molecular weight excluding hydrogens is 438 g/mol. The zero-order valence-corrected chi connectivity index (χ0v) is 21.7. The predicted molar refractivity (Wildman–Crippen MR) is 139 cm³/mol. The maximum atomic E-state index is 13.2. The topological polar surface area (TPSA) is 92.9 Å². The van der Waals surface area contributed by atoms with Crippen LogP contribution in [-0.4, -0.2) is 73.4 Å². The van der Waals surface area contributed by atoms with Crippen molar-refractivity contribution in [3.05, 3.63) is 36.4 Å². The summed E-state index contributed by atoms with van der Waals surface area (Å²) in [6, 6.07) is 1.69. The van der Waals surface area contributed by atoms with Crippen LogP contribution in [0.5, 0.6) is 0 Å². The highest BCUT2D eigenvalue weighted by Gasteiger charge is 2.32. The van der Waals surface area contributed by atoms with E-state index in [0.717, 1.165) is 44.1 Å². The van der Waals surface area contributed by atoms with Gasteiger partial charge in [-0.3, -0.25) is 4.79 Å². The van der Waals surface area contributed by atoms with E-state index in [2.05, 4.69) is 44.0 Å². The lowest BCUT2D eigenvalue weighted by molar-refractivity contribution is 0.0568. The van der Waals surface area contributed by atoms with Gasteiger partial charge in [0.25, 0.3) is 5.91 Å². The van der Waals surface area contributed by atoms with Crippen molar-refractivity contribution in [2.24, 2.45) is 5.92 Å². The van der Waals surface area contributed by atoms with Gasteiger partial charge in [0.2, 0.25) is 0 Å². The lowest BCUT2D eigenvalue weighted by Gasteiger charge is -2.39. The molecule has 2 aromatic rings. The van der Waals surface area contributed by atoms with Crippen LogP contribution in [0, 0.1) is 5.92 Å². The van der Waals surface area contributed by atoms with Gasteiger partial charge in [-0.25, -0.2) is 9.97 Å². The minimum atomic E-state index is -0.0371. The van der Waals surface area contributed by atoms with E-state index < -0.39 is 0 Å². The van der Waals surface area contributed by atoms with Gasteiger partial charge < -0.3 is 25.1 Å². The molecule has 2 aliphatic carbocycles. The minimum absolute atomic E-state index is 0.0371. The number of carbonyl (C=O) groups is 1. The van der Waals surface area contributed by atoms with Crippen molar-refractivity contribution in [2.45, 2.75) is 103 Å². The normalized spacial score (nSPS) is 25.1. The zero-order valence-electron chi connectivity index (χ0n) is 21.7. The third-order valence-corrected chi connectivity index (χ3v) is 8.02. The smallest absolute Gasteiger partial charge is 0.290 e. The fourth-order valence-electron chi connectivity index (χ4n) is 6.12. The first kappa shape index (κ1) is 25.9. The average Bonchev–Trinajstić information content (AvgIpc) is 3.61. The molecule has 2 aliphatic rings. The summed E-state index contributed by atoms with van der Waals surface area (Å²) >= 11 is 0. The predicted octanol–water partition coefficient (Wildman–Crippen LogP) is 4.36. The number of nitrogens with zero attached hydrogens (tertiary/aromatic N) is 4. The summed E-state index contributed by atoms with van der Waals surface area (Å²) < 4.78 is 0. The summed E-state index contributed by atoms with van der Waals surface area (Å²) in [6.45, 7) is 8.70. The Morgan fingerprint density at radius 3 is 2.17 bits per heavy atom. The number of carbonyl (C=O) groups excluding carboxylic acids is 1. The number of imidazole rings is 2. The molecule has 0 bridgehead atoms. The van der Waals surface area contributed by atoms with Crippen molar-refractivity contribution in [3.63, 3.8) is 0 Å². The maximum absolute atomic E-state index is 13.2. The van der Waals surface area contributed by atoms with Crippen LogP contribution in [0.15, 0.2) is 24.8 Å². The molecule has 0 aliphatic heterocycles. The second-order valence-corrected chi connectivity index (χ2v) is 10.5. The van der Waals surface area contributed by atoms with Crippen molar-refractivity contribution in [1.29, 1.82) is 0 Å². The van der Waals surface area contributed by atoms with Crippen LogP contribution in [-0.2, 0) is 6.54 Å². The van der Waals surface area contributed by atoms with Crippen molar-refractivity contribution < 1.29 is 4.79 Å². The first-order chi connectivity index (χ1) is 17.2. The average molecular weight is 484 g/mol. The third kappa shape index (κ3) is 7.17. The number of aromatic amines is 2. The molecule has 35 heavy (non-hydrogen) atoms. The SMILES string of the molecule is CCCN(CCC)[C@H]1CC[C@H](NC[C@H]2CC[C@H](N(Cc3ncc[nH]3)C(=O)c3ncc[nH]3)CC2)CC1. The van der Waals surface area contributed by atoms with Gasteiger partial charge in [0.15, 0.2) is 5.82 Å². The summed E-state index contributed by atoms with van der Waals surface area (Å²) in [7, 11) is 0. The standard InChI is InChI=1S/C27H45N7O/c1-3-17-33(18-4-2)23-11-7-22(8-12-23)32-19-21-5-9-24(10-6-21)34(20-25-28-13-14-29-25)27(35)26-30-15-16-31-26/h13-16,21-24,32H,3-12,17-20H2,1-2H3,(H,28,29)(H,30,31)/t21-,22-,23-,24-. The molecule has 2 fully saturated rings. The zero-order chi connectivity index (χ0) is 24.5. The quantitative estimate of drug-likeness (QED) is 0.417. The lowest BCUT2D eigenvalue weighted by atomic mass is 9.84. The molecule has 4 rings (SSSR count). The van der Waals surface area contributed by atoms with Crippen molar-refractivity contribution in [3.8, 4) is 0 Å². The van der Waals surface area contributed by atoms with Crippen LogP contribution in [0.25, 0.3) is 0 Å². The molecule has 2 aromatic heterocycles. The van der Waals surface area contributed by atoms with Gasteiger partial charge in [0.05, 0.1) is 6.54 Å². The van der Waals surface area contributed by atoms with Crippen LogP contribution < -0.4 is 5.32 Å². The fraction of sp³-hybridized carbons (Fsp3) is 0.741. The second kappa shape index (κ2) is 13.2. The Morgan fingerprint density at radius 1 is 0.914 bits per heavy atom. The summed E-state index contributed by atoms with van der Waals surface area (Å²) in [5.74, 6) is 1.89. The van der Waals surface area contributed by atoms with Gasteiger partial charge in [-0.1, -0.05) is 13.8 Å². The van der Waals surface area contributed by atoms with E-state index in [-0.39, 0.29) is 11.9 Å². The monoisotopic (exact) mass is 483 g/mol. The van der Waals surface area contributed by atoms with E-state index in [0.29, 0.717) is 24.3 Å². The number of hydrogen-bond donors (Lipinski definition) is 3. The maximum Gasteiger partial charge on any atom is 0.290 e. The van der Waals surface area contributed by atoms with Gasteiger partial charge in [-0.15, -0.1) is 0 Å². The Kier molecular flexibility index (Phi) is 9.77. The van der Waals surface area contributed by atoms with E-state index in [4.69, 9.17) is 0 Å². The van der Waals surface area contributed by atoms with Crippen molar-refractivity contribution in [2.75, 3.05) is 19.6 Å². The molecule has 1 amide bonds. The summed E-state index contributed by atoms with van der Waals surface area (Å²) in [6.07, 6.45) is 19.1. The number of nitrogens with one attached hydrogen (secondary N) is 3. The Morgan fingerprint density at radius 2 is 1.57 bits per heavy atom. The number of aromatic nitrogens is 4. The Balaban J connectivity index is 1.22. The van der Waals surface area contributed by atoms with Gasteiger partial charge in [-0.2, -0.15) is 0 Å². The summed E-state index contributed by atoms with van der Waals surface area (Å²) in [5, 5.41) is 3.91. The fourth-order valence-corrected chi connectivity index (χ4v) is 6.12. The summed E-state index contributed by atoms with van der Waals surface area (Å²) in [4.78, 5) is 32.6. The molecule has 0 aromatic carbocycles. The molecule has 0 atom stereocenters. The second-order valence-electron chi connectivity index (χ2n) is 10.5. The molecule has 8 heteroatoms. The highest BCUT2D eigenvalue weighted by atomic mass is 16.2. The van der Waals surface area contributed by atoms with E-state index in [1.807, 2.05) is 11.1 Å². The molecule has 0 radical (unpaired) electrons. The highest BCUT2D eigenvalue weighted by Crippen LogP contribution is 2.30. The molecule has 0 saturated heterocycles. The van der Waals surface area contributed by atoms with Gasteiger partial charge in [0.1, 0.15) is 5.82 Å². The number of H-pyrrole nitrogens is 2. The summed E-state index contributed by atoms with van der Waals surface area (Å²) in [5.41, 5.74) is 0. The van der Waals surface area contributed by atoms with Gasteiger partial charge >= 0.3 is 0 Å². The number of hydrogen-bond acceptors (Lipinski definition) is 5. The van der Waals surface area contributed by atoms with E-state index in [1.54, 1.807) is 18.6 Å². The molecule has 2 heterocycles. The molecule has 2 saturated carbocycles. The molecular formula is C27H45N7O. The van der Waals surface area contributed by atoms with Gasteiger partial charge in [0, 0.05) is 42.9 Å². The van der Waals surface area contributed by atoms with Crippen LogP contribution in [0.1, 0.15) is 94.5 Å². The Hall–Kier alpha value is -2.19. The first-order valence-electron chi connectivity index (χ1n) is 13.9. The molecule has 8 nitrogen and oxygen atoms in total. The third-order valence-electron chi connectivity index (χ3n) is 8.02. The number of amides is 1. The molecule has 0 unspecified atom stereocenters. The van der Waals surface area contributed by atoms with Crippen molar-refractivity contribution >= 4 is 5.91 Å². The highest BCUT2D eigenvalue weighted by molar-refractivity contribution is 5.90.